The number of nitrogens with one attached hydrogen (secondary N) is 1. The lowest BCUT2D eigenvalue weighted by Gasteiger charge is -2.35. The van der Waals surface area contributed by atoms with Crippen LogP contribution < -0.4 is 5.32 Å². The van der Waals surface area contributed by atoms with Crippen molar-refractivity contribution in [3.63, 3.8) is 0 Å². The molecular formula is C15H25N3O. The highest BCUT2D eigenvalue weighted by atomic mass is 16.2. The van der Waals surface area contributed by atoms with E-state index in [0.29, 0.717) is 6.54 Å². The molecule has 1 aromatic rings. The van der Waals surface area contributed by atoms with Crippen molar-refractivity contribution < 1.29 is 4.79 Å². The summed E-state index contributed by atoms with van der Waals surface area (Å²) in [5.74, 6) is 0.106. The second kappa shape index (κ2) is 6.66. The van der Waals surface area contributed by atoms with Crippen molar-refractivity contribution in [2.24, 2.45) is 0 Å². The third-order valence-corrected chi connectivity index (χ3v) is 3.10. The summed E-state index contributed by atoms with van der Waals surface area (Å²) in [5.41, 5.74) is 0.366. The van der Waals surface area contributed by atoms with Crippen LogP contribution in [0.2, 0.25) is 0 Å². The van der Waals surface area contributed by atoms with E-state index < -0.39 is 5.54 Å². The van der Waals surface area contributed by atoms with E-state index in [1.807, 2.05) is 57.7 Å². The number of rotatable bonds is 6. The molecular weight excluding hydrogens is 238 g/mol. The first-order valence-corrected chi connectivity index (χ1v) is 6.84. The molecule has 0 aliphatic heterocycles. The molecule has 0 aliphatic rings. The first-order chi connectivity index (χ1) is 8.88. The van der Waals surface area contributed by atoms with Gasteiger partial charge in [0.05, 0.1) is 17.8 Å². The number of hydrogen-bond acceptors (Lipinski definition) is 3. The van der Waals surface area contributed by atoms with Crippen LogP contribution in [-0.4, -0.2) is 33.9 Å². The number of nitrogens with zero attached hydrogens (tertiary/aromatic N) is 2. The van der Waals surface area contributed by atoms with Crippen molar-refractivity contribution in [1.29, 1.82) is 0 Å². The van der Waals surface area contributed by atoms with Crippen molar-refractivity contribution in [3.8, 4) is 0 Å². The predicted molar refractivity (Wildman–Crippen MR) is 77.7 cm³/mol. The molecule has 0 saturated carbocycles. The Balaban J connectivity index is 2.86. The first kappa shape index (κ1) is 15.6. The van der Waals surface area contributed by atoms with E-state index in [-0.39, 0.29) is 11.9 Å². The normalized spacial score (nSPS) is 11.7. The maximum atomic E-state index is 12.6. The molecule has 1 heterocycles. The molecule has 1 amide bonds. The molecule has 0 spiro atoms. The van der Waals surface area contributed by atoms with Crippen molar-refractivity contribution in [3.05, 3.63) is 30.1 Å². The van der Waals surface area contributed by atoms with Gasteiger partial charge in [-0.3, -0.25) is 9.78 Å². The molecule has 0 radical (unpaired) electrons. The summed E-state index contributed by atoms with van der Waals surface area (Å²) >= 11 is 0. The van der Waals surface area contributed by atoms with Crippen LogP contribution in [-0.2, 0) is 11.3 Å². The number of hydrogen-bond donors (Lipinski definition) is 1. The molecule has 4 heteroatoms. The fraction of sp³-hybridized carbons (Fsp3) is 0.600. The first-order valence-electron chi connectivity index (χ1n) is 6.84. The third-order valence-electron chi connectivity index (χ3n) is 3.10. The number of amides is 1. The van der Waals surface area contributed by atoms with Gasteiger partial charge in [0.1, 0.15) is 0 Å². The molecule has 0 bridgehead atoms. The molecule has 0 aromatic carbocycles. The van der Waals surface area contributed by atoms with Crippen molar-refractivity contribution in [2.75, 3.05) is 6.54 Å². The Morgan fingerprint density at radius 1 is 1.42 bits per heavy atom. The number of pyridine rings is 1. The van der Waals surface area contributed by atoms with Gasteiger partial charge in [0.25, 0.3) is 0 Å². The zero-order valence-corrected chi connectivity index (χ0v) is 12.6. The minimum Gasteiger partial charge on any atom is -0.333 e. The SMILES string of the molecule is CCNC(C)(C)C(=O)N(Cc1ccccn1)C(C)C. The molecule has 1 rings (SSSR count). The summed E-state index contributed by atoms with van der Waals surface area (Å²) in [7, 11) is 0. The lowest BCUT2D eigenvalue weighted by Crippen LogP contribution is -2.55. The van der Waals surface area contributed by atoms with Gasteiger partial charge >= 0.3 is 0 Å². The Hall–Kier alpha value is -1.42. The summed E-state index contributed by atoms with van der Waals surface area (Å²) in [6, 6.07) is 5.92. The van der Waals surface area contributed by atoms with Crippen LogP contribution in [0.1, 0.15) is 40.3 Å². The van der Waals surface area contributed by atoms with E-state index in [0.717, 1.165) is 12.2 Å². The van der Waals surface area contributed by atoms with Gasteiger partial charge in [-0.1, -0.05) is 13.0 Å². The quantitative estimate of drug-likeness (QED) is 0.856. The topological polar surface area (TPSA) is 45.2 Å². The Morgan fingerprint density at radius 2 is 2.11 bits per heavy atom. The van der Waals surface area contributed by atoms with E-state index in [2.05, 4.69) is 10.3 Å². The molecule has 0 fully saturated rings. The standard InChI is InChI=1S/C15H25N3O/c1-6-17-15(4,5)14(19)18(12(2)3)11-13-9-7-8-10-16-13/h7-10,12,17H,6,11H2,1-5H3. The predicted octanol–water partition coefficient (Wildman–Crippen LogP) is 2.21. The zero-order chi connectivity index (χ0) is 14.5. The number of aromatic nitrogens is 1. The highest BCUT2D eigenvalue weighted by Crippen LogP contribution is 2.14. The van der Waals surface area contributed by atoms with Gasteiger partial charge in [0, 0.05) is 12.2 Å². The van der Waals surface area contributed by atoms with Crippen LogP contribution in [0.4, 0.5) is 0 Å². The Morgan fingerprint density at radius 3 is 2.58 bits per heavy atom. The average molecular weight is 263 g/mol. The van der Waals surface area contributed by atoms with E-state index in [9.17, 15) is 4.79 Å². The van der Waals surface area contributed by atoms with Gasteiger partial charge in [-0.15, -0.1) is 0 Å². The summed E-state index contributed by atoms with van der Waals surface area (Å²) in [6.07, 6.45) is 1.76. The van der Waals surface area contributed by atoms with E-state index in [4.69, 9.17) is 0 Å². The Bertz CT molecular complexity index is 401. The van der Waals surface area contributed by atoms with Crippen LogP contribution in [0.5, 0.6) is 0 Å². The molecule has 0 unspecified atom stereocenters. The van der Waals surface area contributed by atoms with Crippen LogP contribution >= 0.6 is 0 Å². The fourth-order valence-corrected chi connectivity index (χ4v) is 2.03. The van der Waals surface area contributed by atoms with Gasteiger partial charge in [0.15, 0.2) is 0 Å². The molecule has 4 nitrogen and oxygen atoms in total. The van der Waals surface area contributed by atoms with Crippen LogP contribution in [0.25, 0.3) is 0 Å². The van der Waals surface area contributed by atoms with Gasteiger partial charge < -0.3 is 10.2 Å². The summed E-state index contributed by atoms with van der Waals surface area (Å²) in [4.78, 5) is 18.8. The van der Waals surface area contributed by atoms with Gasteiger partial charge in [-0.05, 0) is 46.4 Å². The van der Waals surface area contributed by atoms with Gasteiger partial charge in [-0.25, -0.2) is 0 Å². The fourth-order valence-electron chi connectivity index (χ4n) is 2.03. The number of carbonyl (C=O) groups is 1. The zero-order valence-electron chi connectivity index (χ0n) is 12.6. The monoisotopic (exact) mass is 263 g/mol. The maximum Gasteiger partial charge on any atom is 0.242 e. The van der Waals surface area contributed by atoms with Gasteiger partial charge in [0.2, 0.25) is 5.91 Å². The maximum absolute atomic E-state index is 12.6. The van der Waals surface area contributed by atoms with Crippen molar-refractivity contribution >= 4 is 5.91 Å². The van der Waals surface area contributed by atoms with Crippen molar-refractivity contribution in [2.45, 2.75) is 52.7 Å². The minimum atomic E-state index is -0.548. The summed E-state index contributed by atoms with van der Waals surface area (Å²) in [5, 5.41) is 3.23. The molecule has 106 valence electrons. The van der Waals surface area contributed by atoms with E-state index in [1.165, 1.54) is 0 Å². The Labute approximate surface area is 116 Å². The second-order valence-corrected chi connectivity index (χ2v) is 5.50. The highest BCUT2D eigenvalue weighted by molar-refractivity contribution is 5.85. The number of likely N-dealkylation sites (N-methyl/N-ethyl adjacent to an activating group) is 1. The largest absolute Gasteiger partial charge is 0.333 e. The van der Waals surface area contributed by atoms with Crippen LogP contribution in [0.15, 0.2) is 24.4 Å². The van der Waals surface area contributed by atoms with Crippen LogP contribution in [0, 0.1) is 0 Å². The second-order valence-electron chi connectivity index (χ2n) is 5.50. The third kappa shape index (κ3) is 4.31. The highest BCUT2D eigenvalue weighted by Gasteiger charge is 2.32. The van der Waals surface area contributed by atoms with Crippen molar-refractivity contribution in [1.82, 2.24) is 15.2 Å². The molecule has 1 N–H and O–H groups in total. The summed E-state index contributed by atoms with van der Waals surface area (Å²) in [6.45, 7) is 11.2. The Kier molecular flexibility index (Phi) is 5.48. The minimum absolute atomic E-state index is 0.106. The average Bonchev–Trinajstić information content (AvgIpc) is 2.36. The smallest absolute Gasteiger partial charge is 0.242 e. The lowest BCUT2D eigenvalue weighted by molar-refractivity contribution is -0.139. The molecule has 19 heavy (non-hydrogen) atoms. The summed E-state index contributed by atoms with van der Waals surface area (Å²) < 4.78 is 0. The molecule has 0 saturated heterocycles. The lowest BCUT2D eigenvalue weighted by atomic mass is 10.0. The number of carbonyl (C=O) groups excluding carboxylic acids is 1. The molecule has 0 aliphatic carbocycles. The van der Waals surface area contributed by atoms with Crippen LogP contribution in [0.3, 0.4) is 0 Å². The molecule has 1 aromatic heterocycles. The van der Waals surface area contributed by atoms with Gasteiger partial charge in [-0.2, -0.15) is 0 Å². The molecule has 0 atom stereocenters. The van der Waals surface area contributed by atoms with E-state index in [1.54, 1.807) is 6.20 Å². The van der Waals surface area contributed by atoms with E-state index >= 15 is 0 Å².